The van der Waals surface area contributed by atoms with E-state index in [2.05, 4.69) is 14.8 Å². The number of amides is 1. The molecule has 0 saturated carbocycles. The number of para-hydroxylation sites is 1. The molecular formula is C13H15F2NO6. The highest BCUT2D eigenvalue weighted by atomic mass is 19.3. The third-order valence-electron chi connectivity index (χ3n) is 2.66. The summed E-state index contributed by atoms with van der Waals surface area (Å²) in [4.78, 5) is 22.8. The molecule has 7 nitrogen and oxygen atoms in total. The Kier molecular flexibility index (Phi) is 6.51. The van der Waals surface area contributed by atoms with Crippen LogP contribution in [0.2, 0.25) is 0 Å². The number of carboxylic acids is 1. The van der Waals surface area contributed by atoms with Crippen molar-refractivity contribution in [3.8, 4) is 11.5 Å². The monoisotopic (exact) mass is 319 g/mol. The zero-order valence-electron chi connectivity index (χ0n) is 11.8. The number of hydrogen-bond acceptors (Lipinski definition) is 5. The molecule has 1 rings (SSSR count). The van der Waals surface area contributed by atoms with Gasteiger partial charge in [-0.25, -0.2) is 4.79 Å². The lowest BCUT2D eigenvalue weighted by Gasteiger charge is -2.15. The summed E-state index contributed by atoms with van der Waals surface area (Å²) < 4.78 is 38.7. The summed E-state index contributed by atoms with van der Waals surface area (Å²) in [5.74, 6) is -2.54. The maximum absolute atomic E-state index is 12.4. The van der Waals surface area contributed by atoms with Gasteiger partial charge in [0.1, 0.15) is 0 Å². The minimum atomic E-state index is -3.14. The van der Waals surface area contributed by atoms with Crippen molar-refractivity contribution in [1.29, 1.82) is 0 Å². The van der Waals surface area contributed by atoms with Crippen molar-refractivity contribution >= 4 is 11.9 Å². The van der Waals surface area contributed by atoms with E-state index < -0.39 is 30.3 Å². The molecule has 0 aliphatic rings. The number of carbonyl (C=O) groups excluding carboxylic acids is 1. The summed E-state index contributed by atoms with van der Waals surface area (Å²) in [6.07, 6.45) is -1.26. The molecule has 0 fully saturated rings. The Morgan fingerprint density at radius 1 is 1.32 bits per heavy atom. The van der Waals surface area contributed by atoms with Crippen molar-refractivity contribution < 1.29 is 37.7 Å². The predicted molar refractivity (Wildman–Crippen MR) is 70.4 cm³/mol. The van der Waals surface area contributed by atoms with E-state index in [0.29, 0.717) is 0 Å². The summed E-state index contributed by atoms with van der Waals surface area (Å²) in [5.41, 5.74) is -0.208. The second kappa shape index (κ2) is 8.13. The largest absolute Gasteiger partial charge is 0.493 e. The van der Waals surface area contributed by atoms with Gasteiger partial charge in [0, 0.05) is 7.11 Å². The number of methoxy groups -OCH3 is 2. The molecule has 0 radical (unpaired) electrons. The van der Waals surface area contributed by atoms with Crippen LogP contribution in [0.25, 0.3) is 0 Å². The standard InChI is InChI=1S/C13H15F2NO6/c1-20-8-5-3-4-7(10(8)22-13(14)15)11(17)16-6-9(21-2)12(18)19/h3-5,9,13H,6H2,1-2H3,(H,16,17)(H,18,19). The Labute approximate surface area is 124 Å². The van der Waals surface area contributed by atoms with Gasteiger partial charge in [-0.2, -0.15) is 8.78 Å². The first kappa shape index (κ1) is 17.6. The van der Waals surface area contributed by atoms with Crippen LogP contribution in [0, 0.1) is 0 Å². The van der Waals surface area contributed by atoms with Gasteiger partial charge in [-0.1, -0.05) is 6.07 Å². The fourth-order valence-electron chi connectivity index (χ4n) is 1.62. The van der Waals surface area contributed by atoms with Crippen molar-refractivity contribution in [2.45, 2.75) is 12.7 Å². The Balaban J connectivity index is 2.95. The highest BCUT2D eigenvalue weighted by Crippen LogP contribution is 2.32. The number of carbonyl (C=O) groups is 2. The lowest BCUT2D eigenvalue weighted by molar-refractivity contribution is -0.148. The zero-order valence-corrected chi connectivity index (χ0v) is 11.8. The van der Waals surface area contributed by atoms with Crippen molar-refractivity contribution in [3.05, 3.63) is 23.8 Å². The van der Waals surface area contributed by atoms with Crippen molar-refractivity contribution in [1.82, 2.24) is 5.32 Å². The van der Waals surface area contributed by atoms with Crippen molar-refractivity contribution in [2.24, 2.45) is 0 Å². The summed E-state index contributed by atoms with van der Waals surface area (Å²) >= 11 is 0. The third-order valence-corrected chi connectivity index (χ3v) is 2.66. The van der Waals surface area contributed by atoms with Crippen LogP contribution in [0.1, 0.15) is 10.4 Å². The van der Waals surface area contributed by atoms with Crippen molar-refractivity contribution in [2.75, 3.05) is 20.8 Å². The number of carboxylic acid groups (broad SMARTS) is 1. The van der Waals surface area contributed by atoms with Crippen LogP contribution in [0.5, 0.6) is 11.5 Å². The van der Waals surface area contributed by atoms with Gasteiger partial charge in [0.15, 0.2) is 17.6 Å². The second-order valence-corrected chi connectivity index (χ2v) is 3.99. The van der Waals surface area contributed by atoms with Gasteiger partial charge in [-0.05, 0) is 12.1 Å². The van der Waals surface area contributed by atoms with Gasteiger partial charge in [0.25, 0.3) is 5.91 Å². The quantitative estimate of drug-likeness (QED) is 0.746. The van der Waals surface area contributed by atoms with Crippen LogP contribution in [-0.4, -0.2) is 50.5 Å². The van der Waals surface area contributed by atoms with E-state index in [9.17, 15) is 18.4 Å². The molecule has 0 heterocycles. The maximum atomic E-state index is 12.4. The number of halogens is 2. The lowest BCUT2D eigenvalue weighted by Crippen LogP contribution is -2.38. The van der Waals surface area contributed by atoms with E-state index in [-0.39, 0.29) is 17.9 Å². The zero-order chi connectivity index (χ0) is 16.7. The van der Waals surface area contributed by atoms with Crippen LogP contribution in [0.3, 0.4) is 0 Å². The average molecular weight is 319 g/mol. The lowest BCUT2D eigenvalue weighted by atomic mass is 10.1. The van der Waals surface area contributed by atoms with Gasteiger partial charge in [0.2, 0.25) is 0 Å². The van der Waals surface area contributed by atoms with Gasteiger partial charge in [-0.3, -0.25) is 4.79 Å². The summed E-state index contributed by atoms with van der Waals surface area (Å²) in [5, 5.41) is 11.1. The molecule has 1 atom stereocenters. The van der Waals surface area contributed by atoms with Gasteiger partial charge >= 0.3 is 12.6 Å². The van der Waals surface area contributed by atoms with E-state index in [0.717, 1.165) is 0 Å². The average Bonchev–Trinajstić information content (AvgIpc) is 2.46. The van der Waals surface area contributed by atoms with E-state index in [4.69, 9.17) is 9.84 Å². The van der Waals surface area contributed by atoms with E-state index >= 15 is 0 Å². The molecule has 9 heteroatoms. The SMILES string of the molecule is COc1cccc(C(=O)NCC(OC)C(=O)O)c1OC(F)F. The molecule has 0 aromatic heterocycles. The fraction of sp³-hybridized carbons (Fsp3) is 0.385. The molecule has 22 heavy (non-hydrogen) atoms. The molecule has 1 aromatic rings. The molecule has 1 unspecified atom stereocenters. The topological polar surface area (TPSA) is 94.1 Å². The first-order valence-corrected chi connectivity index (χ1v) is 6.06. The highest BCUT2D eigenvalue weighted by molar-refractivity contribution is 5.98. The van der Waals surface area contributed by atoms with Gasteiger partial charge in [-0.15, -0.1) is 0 Å². The molecule has 0 aliphatic heterocycles. The smallest absolute Gasteiger partial charge is 0.387 e. The molecule has 1 aromatic carbocycles. The van der Waals surface area contributed by atoms with Gasteiger partial charge in [0.05, 0.1) is 19.2 Å². The number of rotatable bonds is 8. The molecule has 0 spiro atoms. The Hall–Kier alpha value is -2.42. The first-order valence-electron chi connectivity index (χ1n) is 6.06. The van der Waals surface area contributed by atoms with Crippen LogP contribution < -0.4 is 14.8 Å². The number of benzene rings is 1. The van der Waals surface area contributed by atoms with E-state index in [1.807, 2.05) is 0 Å². The van der Waals surface area contributed by atoms with Crippen LogP contribution in [0.15, 0.2) is 18.2 Å². The molecule has 122 valence electrons. The Bertz CT molecular complexity index is 537. The Morgan fingerprint density at radius 2 is 2.00 bits per heavy atom. The van der Waals surface area contributed by atoms with Crippen LogP contribution >= 0.6 is 0 Å². The number of nitrogens with one attached hydrogen (secondary N) is 1. The summed E-state index contributed by atoms with van der Waals surface area (Å²) in [6, 6.07) is 4.01. The van der Waals surface area contributed by atoms with Crippen LogP contribution in [-0.2, 0) is 9.53 Å². The second-order valence-electron chi connectivity index (χ2n) is 3.99. The predicted octanol–water partition coefficient (Wildman–Crippen LogP) is 1.13. The minimum Gasteiger partial charge on any atom is -0.493 e. The third kappa shape index (κ3) is 4.55. The molecule has 0 bridgehead atoms. The number of alkyl halides is 2. The number of ether oxygens (including phenoxy) is 3. The molecule has 0 aliphatic carbocycles. The molecule has 2 N–H and O–H groups in total. The van der Waals surface area contributed by atoms with E-state index in [1.54, 1.807) is 0 Å². The Morgan fingerprint density at radius 3 is 2.50 bits per heavy atom. The summed E-state index contributed by atoms with van der Waals surface area (Å²) in [7, 11) is 2.41. The molecular weight excluding hydrogens is 304 g/mol. The van der Waals surface area contributed by atoms with Gasteiger partial charge < -0.3 is 24.6 Å². The number of hydrogen-bond donors (Lipinski definition) is 2. The molecule has 0 saturated heterocycles. The highest BCUT2D eigenvalue weighted by Gasteiger charge is 2.22. The minimum absolute atomic E-state index is 0.0468. The summed E-state index contributed by atoms with van der Waals surface area (Å²) in [6.45, 7) is -3.48. The first-order chi connectivity index (χ1) is 10.4. The van der Waals surface area contributed by atoms with E-state index in [1.165, 1.54) is 32.4 Å². The van der Waals surface area contributed by atoms with Crippen LogP contribution in [0.4, 0.5) is 8.78 Å². The maximum Gasteiger partial charge on any atom is 0.387 e. The fourth-order valence-corrected chi connectivity index (χ4v) is 1.62. The molecule has 1 amide bonds. The van der Waals surface area contributed by atoms with Crippen molar-refractivity contribution in [3.63, 3.8) is 0 Å². The normalized spacial score (nSPS) is 11.9. The number of aliphatic carboxylic acids is 1.